The van der Waals surface area contributed by atoms with Crippen LogP contribution in [0.2, 0.25) is 0 Å². The van der Waals surface area contributed by atoms with Crippen LogP contribution >= 0.6 is 0 Å². The van der Waals surface area contributed by atoms with E-state index in [4.69, 9.17) is 4.42 Å². The first-order valence-corrected chi connectivity index (χ1v) is 10.9. The summed E-state index contributed by atoms with van der Waals surface area (Å²) in [6.07, 6.45) is 7.19. The van der Waals surface area contributed by atoms with Crippen molar-refractivity contribution in [3.63, 3.8) is 0 Å². The van der Waals surface area contributed by atoms with E-state index < -0.39 is 11.6 Å². The van der Waals surface area contributed by atoms with Gasteiger partial charge >= 0.3 is 0 Å². The maximum absolute atomic E-state index is 14.4. The number of benzene rings is 1. The second kappa shape index (κ2) is 10.0. The molecular formula is C25H27F2N3O2. The summed E-state index contributed by atoms with van der Waals surface area (Å²) in [6.45, 7) is 2.59. The Balaban J connectivity index is 1.49. The number of likely N-dealkylation sites (tertiary alicyclic amines) is 1. The van der Waals surface area contributed by atoms with E-state index in [0.717, 1.165) is 38.5 Å². The molecule has 0 bridgehead atoms. The minimum atomic E-state index is -0.605. The molecule has 0 N–H and O–H groups in total. The van der Waals surface area contributed by atoms with E-state index >= 15 is 0 Å². The summed E-state index contributed by atoms with van der Waals surface area (Å²) in [4.78, 5) is 21.2. The van der Waals surface area contributed by atoms with E-state index in [2.05, 4.69) is 16.0 Å². The summed E-state index contributed by atoms with van der Waals surface area (Å²) < 4.78 is 33.1. The highest BCUT2D eigenvalue weighted by atomic mass is 19.1. The summed E-state index contributed by atoms with van der Waals surface area (Å²) in [5.74, 6) is -0.977. The summed E-state index contributed by atoms with van der Waals surface area (Å²) in [7, 11) is 1.74. The largest absolute Gasteiger partial charge is 0.459 e. The van der Waals surface area contributed by atoms with Gasteiger partial charge in [-0.05, 0) is 73.7 Å². The highest BCUT2D eigenvalue weighted by Crippen LogP contribution is 2.29. The van der Waals surface area contributed by atoms with Crippen LogP contribution in [0, 0.1) is 17.6 Å². The molecule has 0 radical (unpaired) electrons. The third kappa shape index (κ3) is 5.22. The summed E-state index contributed by atoms with van der Waals surface area (Å²) in [5.41, 5.74) is 1.58. The first-order chi connectivity index (χ1) is 15.5. The highest BCUT2D eigenvalue weighted by molar-refractivity contribution is 5.91. The molecule has 2 aromatic heterocycles. The number of piperidine rings is 1. The van der Waals surface area contributed by atoms with Crippen LogP contribution in [0.25, 0.3) is 0 Å². The Hall–Kier alpha value is -3.06. The van der Waals surface area contributed by atoms with E-state index in [1.54, 1.807) is 30.3 Å². The molecule has 7 heteroatoms. The van der Waals surface area contributed by atoms with Crippen LogP contribution in [0.3, 0.4) is 0 Å². The lowest BCUT2D eigenvalue weighted by Crippen LogP contribution is -2.47. The number of amides is 1. The molecule has 1 aromatic carbocycles. The van der Waals surface area contributed by atoms with E-state index in [1.807, 2.05) is 12.3 Å². The van der Waals surface area contributed by atoms with E-state index in [9.17, 15) is 13.6 Å². The molecule has 1 fully saturated rings. The van der Waals surface area contributed by atoms with Crippen molar-refractivity contribution in [3.05, 3.63) is 89.6 Å². The lowest BCUT2D eigenvalue weighted by Gasteiger charge is -2.40. The van der Waals surface area contributed by atoms with Crippen LogP contribution in [0.15, 0.2) is 65.5 Å². The van der Waals surface area contributed by atoms with Crippen molar-refractivity contribution in [1.82, 2.24) is 14.8 Å². The lowest BCUT2D eigenvalue weighted by molar-refractivity contribution is 0.0554. The molecule has 0 spiro atoms. The SMILES string of the molecule is CN(C(=O)c1ccco1)[C@H](Cc1ccc(F)cc1F)C1CCN(Cc2cccnc2)CC1. The van der Waals surface area contributed by atoms with Crippen LogP contribution in [0.1, 0.15) is 34.5 Å². The molecule has 1 amide bonds. The molecule has 0 unspecified atom stereocenters. The second-order valence-electron chi connectivity index (χ2n) is 8.38. The minimum absolute atomic E-state index is 0.188. The predicted octanol–water partition coefficient (Wildman–Crippen LogP) is 4.55. The molecule has 3 heterocycles. The molecule has 5 nitrogen and oxygen atoms in total. The zero-order valence-electron chi connectivity index (χ0n) is 18.1. The zero-order valence-corrected chi connectivity index (χ0v) is 18.1. The van der Waals surface area contributed by atoms with Crippen molar-refractivity contribution in [2.75, 3.05) is 20.1 Å². The van der Waals surface area contributed by atoms with Gasteiger partial charge in [-0.15, -0.1) is 0 Å². The monoisotopic (exact) mass is 439 g/mol. The summed E-state index contributed by atoms with van der Waals surface area (Å²) in [5, 5.41) is 0. The van der Waals surface area contributed by atoms with Crippen molar-refractivity contribution in [2.45, 2.75) is 31.8 Å². The number of carbonyl (C=O) groups excluding carboxylic acids is 1. The Labute approximate surface area is 186 Å². The zero-order chi connectivity index (χ0) is 22.5. The molecule has 0 aliphatic carbocycles. The summed E-state index contributed by atoms with van der Waals surface area (Å²) >= 11 is 0. The smallest absolute Gasteiger partial charge is 0.289 e. The number of furan rings is 1. The number of pyridine rings is 1. The number of aromatic nitrogens is 1. The van der Waals surface area contributed by atoms with Gasteiger partial charge in [-0.3, -0.25) is 14.7 Å². The van der Waals surface area contributed by atoms with Crippen LogP contribution in [-0.4, -0.2) is 46.9 Å². The van der Waals surface area contributed by atoms with Gasteiger partial charge in [0.05, 0.1) is 6.26 Å². The van der Waals surface area contributed by atoms with Gasteiger partial charge in [0.15, 0.2) is 5.76 Å². The number of nitrogens with zero attached hydrogens (tertiary/aromatic N) is 3. The molecule has 168 valence electrons. The van der Waals surface area contributed by atoms with E-state index in [-0.39, 0.29) is 23.6 Å². The van der Waals surface area contributed by atoms with Gasteiger partial charge in [-0.2, -0.15) is 0 Å². The number of carbonyl (C=O) groups is 1. The van der Waals surface area contributed by atoms with Gasteiger partial charge in [-0.25, -0.2) is 8.78 Å². The first kappa shape index (κ1) is 22.1. The Kier molecular flexibility index (Phi) is 6.95. The fourth-order valence-corrected chi connectivity index (χ4v) is 4.50. The van der Waals surface area contributed by atoms with E-state index in [0.29, 0.717) is 12.0 Å². The van der Waals surface area contributed by atoms with Gasteiger partial charge in [0.1, 0.15) is 11.6 Å². The van der Waals surface area contributed by atoms with Gasteiger partial charge < -0.3 is 9.32 Å². The average Bonchev–Trinajstić information content (AvgIpc) is 3.34. The average molecular weight is 440 g/mol. The molecule has 1 aliphatic rings. The third-order valence-electron chi connectivity index (χ3n) is 6.30. The Morgan fingerprint density at radius 1 is 1.22 bits per heavy atom. The number of hydrogen-bond donors (Lipinski definition) is 0. The second-order valence-corrected chi connectivity index (χ2v) is 8.38. The third-order valence-corrected chi connectivity index (χ3v) is 6.30. The van der Waals surface area contributed by atoms with E-state index in [1.165, 1.54) is 24.0 Å². The molecule has 1 atom stereocenters. The van der Waals surface area contributed by atoms with Crippen LogP contribution in [0.4, 0.5) is 8.78 Å². The van der Waals surface area contributed by atoms with Crippen LogP contribution < -0.4 is 0 Å². The maximum Gasteiger partial charge on any atom is 0.289 e. The molecule has 1 aliphatic heterocycles. The lowest BCUT2D eigenvalue weighted by atomic mass is 9.84. The van der Waals surface area contributed by atoms with Gasteiger partial charge in [0.2, 0.25) is 0 Å². The first-order valence-electron chi connectivity index (χ1n) is 10.9. The number of rotatable bonds is 7. The maximum atomic E-state index is 14.4. The molecule has 1 saturated heterocycles. The van der Waals surface area contributed by atoms with Crippen molar-refractivity contribution < 1.29 is 18.0 Å². The standard InChI is InChI=1S/C25H27F2N3O2/c1-29(25(31)24-5-3-13-32-24)23(14-20-6-7-21(26)15-22(20)27)19-8-11-30(12-9-19)17-18-4-2-10-28-16-18/h2-7,10,13,15-16,19,23H,8-9,11-12,14,17H2,1H3/t23-/m1/s1. The molecule has 4 rings (SSSR count). The van der Waals surface area contributed by atoms with Gasteiger partial charge in [0, 0.05) is 38.1 Å². The highest BCUT2D eigenvalue weighted by Gasteiger charge is 2.33. The van der Waals surface area contributed by atoms with Crippen LogP contribution in [0.5, 0.6) is 0 Å². The fraction of sp³-hybridized carbons (Fsp3) is 0.360. The molecule has 0 saturated carbocycles. The van der Waals surface area contributed by atoms with Crippen molar-refractivity contribution >= 4 is 5.91 Å². The fourth-order valence-electron chi connectivity index (χ4n) is 4.50. The number of halogens is 2. The molecular weight excluding hydrogens is 412 g/mol. The summed E-state index contributed by atoms with van der Waals surface area (Å²) in [6, 6.07) is 10.7. The topological polar surface area (TPSA) is 49.6 Å². The van der Waals surface area contributed by atoms with Crippen molar-refractivity contribution in [3.8, 4) is 0 Å². The van der Waals surface area contributed by atoms with Crippen molar-refractivity contribution in [2.24, 2.45) is 5.92 Å². The molecule has 32 heavy (non-hydrogen) atoms. The predicted molar refractivity (Wildman–Crippen MR) is 117 cm³/mol. The van der Waals surface area contributed by atoms with Gasteiger partial charge in [0.25, 0.3) is 5.91 Å². The molecule has 3 aromatic rings. The minimum Gasteiger partial charge on any atom is -0.459 e. The Morgan fingerprint density at radius 3 is 2.69 bits per heavy atom. The van der Waals surface area contributed by atoms with Gasteiger partial charge in [-0.1, -0.05) is 12.1 Å². The van der Waals surface area contributed by atoms with Crippen LogP contribution in [-0.2, 0) is 13.0 Å². The number of likely N-dealkylation sites (N-methyl/N-ethyl adjacent to an activating group) is 1. The Bertz CT molecular complexity index is 1020. The quantitative estimate of drug-likeness (QED) is 0.542. The normalized spacial score (nSPS) is 16.1. The Morgan fingerprint density at radius 2 is 2.03 bits per heavy atom. The number of hydrogen-bond acceptors (Lipinski definition) is 4. The van der Waals surface area contributed by atoms with Crippen molar-refractivity contribution in [1.29, 1.82) is 0 Å².